The number of sulfonamides is 1. The summed E-state index contributed by atoms with van der Waals surface area (Å²) in [6.07, 6.45) is 3.11. The van der Waals surface area contributed by atoms with Gasteiger partial charge in [0.05, 0.1) is 6.10 Å². The van der Waals surface area contributed by atoms with Crippen LogP contribution < -0.4 is 10.0 Å². The van der Waals surface area contributed by atoms with Gasteiger partial charge in [0, 0.05) is 58.4 Å². The van der Waals surface area contributed by atoms with E-state index in [2.05, 4.69) is 19.9 Å². The largest absolute Gasteiger partial charge is 0.385 e. The van der Waals surface area contributed by atoms with E-state index in [9.17, 15) is 8.42 Å². The molecule has 160 valence electrons. The Morgan fingerprint density at radius 2 is 2.04 bits per heavy atom. The third kappa shape index (κ3) is 7.32. The SMILES string of the molecule is CN=C(NCCNS(=O)(=O)c1ccc(C)s1)N1CCC(OCCCOC)CC1. The number of thiophene rings is 1. The van der Waals surface area contributed by atoms with Gasteiger partial charge in [0.25, 0.3) is 0 Å². The van der Waals surface area contributed by atoms with Crippen molar-refractivity contribution in [3.63, 3.8) is 0 Å². The number of piperidine rings is 1. The van der Waals surface area contributed by atoms with Gasteiger partial charge in [-0.05, 0) is 38.3 Å². The predicted octanol–water partition coefficient (Wildman–Crippen LogP) is 1.43. The number of guanidine groups is 1. The molecule has 0 atom stereocenters. The Balaban J connectivity index is 1.68. The molecule has 2 N–H and O–H groups in total. The molecule has 0 radical (unpaired) electrons. The summed E-state index contributed by atoms with van der Waals surface area (Å²) < 4.78 is 38.4. The molecule has 1 fully saturated rings. The van der Waals surface area contributed by atoms with Crippen molar-refractivity contribution >= 4 is 27.3 Å². The number of aryl methyl sites for hydroxylation is 1. The van der Waals surface area contributed by atoms with E-state index in [4.69, 9.17) is 9.47 Å². The van der Waals surface area contributed by atoms with Crippen molar-refractivity contribution in [3.8, 4) is 0 Å². The highest BCUT2D eigenvalue weighted by Gasteiger charge is 2.22. The van der Waals surface area contributed by atoms with Crippen LogP contribution in [-0.4, -0.2) is 78.9 Å². The van der Waals surface area contributed by atoms with Crippen molar-refractivity contribution < 1.29 is 17.9 Å². The summed E-state index contributed by atoms with van der Waals surface area (Å²) in [5.41, 5.74) is 0. The molecule has 10 heteroatoms. The molecule has 0 aromatic carbocycles. The Labute approximate surface area is 172 Å². The average Bonchev–Trinajstić information content (AvgIpc) is 3.13. The number of nitrogens with zero attached hydrogens (tertiary/aromatic N) is 2. The van der Waals surface area contributed by atoms with Gasteiger partial charge in [-0.3, -0.25) is 4.99 Å². The van der Waals surface area contributed by atoms with Crippen LogP contribution in [0.3, 0.4) is 0 Å². The lowest BCUT2D eigenvalue weighted by atomic mass is 10.1. The molecular formula is C18H32N4O4S2. The van der Waals surface area contributed by atoms with Crippen LogP contribution in [0.15, 0.2) is 21.3 Å². The smallest absolute Gasteiger partial charge is 0.250 e. The van der Waals surface area contributed by atoms with Gasteiger partial charge in [-0.15, -0.1) is 11.3 Å². The van der Waals surface area contributed by atoms with Crippen LogP contribution in [0.5, 0.6) is 0 Å². The highest BCUT2D eigenvalue weighted by Crippen LogP contribution is 2.20. The van der Waals surface area contributed by atoms with Crippen molar-refractivity contribution in [2.75, 3.05) is 53.6 Å². The van der Waals surface area contributed by atoms with E-state index in [1.165, 1.54) is 11.3 Å². The normalized spacial score (nSPS) is 16.5. The minimum Gasteiger partial charge on any atom is -0.385 e. The highest BCUT2D eigenvalue weighted by atomic mass is 32.2. The summed E-state index contributed by atoms with van der Waals surface area (Å²) in [4.78, 5) is 7.48. The Bertz CT molecular complexity index is 713. The first kappa shape index (κ1) is 23.1. The lowest BCUT2D eigenvalue weighted by molar-refractivity contribution is 0.00992. The van der Waals surface area contributed by atoms with Gasteiger partial charge >= 0.3 is 0 Å². The summed E-state index contributed by atoms with van der Waals surface area (Å²) in [5, 5.41) is 3.24. The van der Waals surface area contributed by atoms with E-state index in [0.717, 1.165) is 56.4 Å². The first-order valence-electron chi connectivity index (χ1n) is 9.58. The maximum atomic E-state index is 12.2. The summed E-state index contributed by atoms with van der Waals surface area (Å²) >= 11 is 1.27. The summed E-state index contributed by atoms with van der Waals surface area (Å²) in [6, 6.07) is 3.44. The van der Waals surface area contributed by atoms with Gasteiger partial charge in [0.15, 0.2) is 5.96 Å². The molecule has 2 rings (SSSR count). The number of nitrogens with one attached hydrogen (secondary N) is 2. The van der Waals surface area contributed by atoms with Crippen LogP contribution in [0.2, 0.25) is 0 Å². The fraction of sp³-hybridized carbons (Fsp3) is 0.722. The molecule has 1 aromatic rings. The van der Waals surface area contributed by atoms with Crippen LogP contribution in [0.25, 0.3) is 0 Å². The minimum absolute atomic E-state index is 0.285. The van der Waals surface area contributed by atoms with Crippen LogP contribution in [0.4, 0.5) is 0 Å². The van der Waals surface area contributed by atoms with Crippen LogP contribution >= 0.6 is 11.3 Å². The third-order valence-corrected chi connectivity index (χ3v) is 7.43. The van der Waals surface area contributed by atoms with Crippen molar-refractivity contribution in [1.29, 1.82) is 0 Å². The summed E-state index contributed by atoms with van der Waals surface area (Å²) in [6.45, 7) is 5.87. The number of methoxy groups -OCH3 is 1. The molecule has 0 amide bonds. The molecule has 0 spiro atoms. The van der Waals surface area contributed by atoms with Gasteiger partial charge in [-0.1, -0.05) is 0 Å². The number of rotatable bonds is 10. The Hall–Kier alpha value is -1.20. The quantitative estimate of drug-likeness (QED) is 0.330. The zero-order chi connectivity index (χ0) is 20.4. The minimum atomic E-state index is -3.44. The third-order valence-electron chi connectivity index (χ3n) is 4.48. The van der Waals surface area contributed by atoms with Crippen molar-refractivity contribution in [2.45, 2.75) is 36.5 Å². The van der Waals surface area contributed by atoms with E-state index in [0.29, 0.717) is 17.3 Å². The van der Waals surface area contributed by atoms with E-state index < -0.39 is 10.0 Å². The summed E-state index contributed by atoms with van der Waals surface area (Å²) in [7, 11) is 0.00407. The Morgan fingerprint density at radius 3 is 2.64 bits per heavy atom. The zero-order valence-corrected chi connectivity index (χ0v) is 18.6. The lowest BCUT2D eigenvalue weighted by Crippen LogP contribution is -2.48. The van der Waals surface area contributed by atoms with Crippen LogP contribution in [-0.2, 0) is 19.5 Å². The second-order valence-electron chi connectivity index (χ2n) is 6.64. The average molecular weight is 433 g/mol. The van der Waals surface area contributed by atoms with Gasteiger partial charge in [0.2, 0.25) is 10.0 Å². The van der Waals surface area contributed by atoms with Crippen molar-refractivity contribution in [1.82, 2.24) is 14.9 Å². The Kier molecular flexibility index (Phi) is 9.66. The molecule has 0 unspecified atom stereocenters. The maximum Gasteiger partial charge on any atom is 0.250 e. The topological polar surface area (TPSA) is 92.3 Å². The Morgan fingerprint density at radius 1 is 1.29 bits per heavy atom. The molecule has 1 aliphatic rings. The van der Waals surface area contributed by atoms with E-state index in [1.54, 1.807) is 20.2 Å². The number of hydrogen-bond acceptors (Lipinski definition) is 6. The molecule has 0 aliphatic carbocycles. The molecule has 1 aromatic heterocycles. The lowest BCUT2D eigenvalue weighted by Gasteiger charge is -2.34. The number of likely N-dealkylation sites (tertiary alicyclic amines) is 1. The number of ether oxygens (including phenoxy) is 2. The molecule has 28 heavy (non-hydrogen) atoms. The van der Waals surface area contributed by atoms with Crippen LogP contribution in [0, 0.1) is 6.92 Å². The van der Waals surface area contributed by atoms with E-state index >= 15 is 0 Å². The fourth-order valence-electron chi connectivity index (χ4n) is 3.01. The monoisotopic (exact) mass is 432 g/mol. The second-order valence-corrected chi connectivity index (χ2v) is 9.92. The molecular weight excluding hydrogens is 400 g/mol. The fourth-order valence-corrected chi connectivity index (χ4v) is 5.37. The zero-order valence-electron chi connectivity index (χ0n) is 16.9. The second kappa shape index (κ2) is 11.7. The van der Waals surface area contributed by atoms with E-state index in [-0.39, 0.29) is 6.10 Å². The predicted molar refractivity (Wildman–Crippen MR) is 113 cm³/mol. The van der Waals surface area contributed by atoms with Gasteiger partial charge in [0.1, 0.15) is 4.21 Å². The molecule has 0 bridgehead atoms. The molecule has 8 nitrogen and oxygen atoms in total. The highest BCUT2D eigenvalue weighted by molar-refractivity contribution is 7.91. The molecule has 0 saturated carbocycles. The standard InChI is InChI=1S/C18H32N4O4S2/c1-15-5-6-17(27-15)28(23,24)21-10-9-20-18(19-2)22-11-7-16(8-12-22)26-14-4-13-25-3/h5-6,16,21H,4,7-14H2,1-3H3,(H,19,20). The summed E-state index contributed by atoms with van der Waals surface area (Å²) in [5.74, 6) is 0.795. The molecule has 1 aliphatic heterocycles. The number of aliphatic imine (C=N–C) groups is 1. The van der Waals surface area contributed by atoms with Gasteiger partial charge < -0.3 is 19.7 Å². The first-order valence-corrected chi connectivity index (χ1v) is 11.9. The molecule has 2 heterocycles. The first-order chi connectivity index (χ1) is 13.5. The van der Waals surface area contributed by atoms with E-state index in [1.807, 2.05) is 13.0 Å². The van der Waals surface area contributed by atoms with Gasteiger partial charge in [-0.25, -0.2) is 13.1 Å². The number of hydrogen-bond donors (Lipinski definition) is 2. The van der Waals surface area contributed by atoms with Gasteiger partial charge in [-0.2, -0.15) is 0 Å². The molecule has 1 saturated heterocycles. The van der Waals surface area contributed by atoms with Crippen molar-refractivity contribution in [2.24, 2.45) is 4.99 Å². The van der Waals surface area contributed by atoms with Crippen molar-refractivity contribution in [3.05, 3.63) is 17.0 Å². The van der Waals surface area contributed by atoms with Crippen LogP contribution in [0.1, 0.15) is 24.1 Å². The maximum absolute atomic E-state index is 12.2.